The zero-order valence-electron chi connectivity index (χ0n) is 12.3. The summed E-state index contributed by atoms with van der Waals surface area (Å²) in [5.41, 5.74) is 0.998. The van der Waals surface area contributed by atoms with E-state index in [1.54, 1.807) is 41.4 Å². The van der Waals surface area contributed by atoms with Gasteiger partial charge in [0.1, 0.15) is 16.9 Å². The first-order valence-electron chi connectivity index (χ1n) is 7.23. The predicted octanol–water partition coefficient (Wildman–Crippen LogP) is 2.90. The molecule has 1 aromatic heterocycles. The van der Waals surface area contributed by atoms with Crippen molar-refractivity contribution in [3.8, 4) is 11.8 Å². The summed E-state index contributed by atoms with van der Waals surface area (Å²) in [6, 6.07) is 10.5. The molecule has 1 amide bonds. The van der Waals surface area contributed by atoms with Gasteiger partial charge in [0.05, 0.1) is 18.2 Å². The summed E-state index contributed by atoms with van der Waals surface area (Å²) in [6.07, 6.45) is 3.79. The first-order valence-corrected chi connectivity index (χ1v) is 7.61. The third-order valence-corrected chi connectivity index (χ3v) is 3.98. The van der Waals surface area contributed by atoms with Gasteiger partial charge in [-0.2, -0.15) is 5.26 Å². The third kappa shape index (κ3) is 3.43. The average Bonchev–Trinajstić information content (AvgIpc) is 3.05. The Balaban J connectivity index is 1.66. The van der Waals surface area contributed by atoms with Gasteiger partial charge in [-0.1, -0.05) is 17.7 Å². The standard InChI is InChI=1S/C17H14ClN3O2/c18-15-10-20-6-4-16(15)23-14-5-7-21(11-14)17(22)13-3-1-2-12(8-13)9-19/h1-4,6,8,10,14H,5,7,11H2/t14-/m0/s1. The number of carbonyl (C=O) groups excluding carboxylic acids is 1. The summed E-state index contributed by atoms with van der Waals surface area (Å²) in [5.74, 6) is 0.487. The maximum absolute atomic E-state index is 12.5. The number of hydrogen-bond acceptors (Lipinski definition) is 4. The number of aromatic nitrogens is 1. The SMILES string of the molecule is N#Cc1cccc(C(=O)N2CC[C@H](Oc3ccncc3Cl)C2)c1. The van der Waals surface area contributed by atoms with Crippen LogP contribution in [0.5, 0.6) is 5.75 Å². The highest BCUT2D eigenvalue weighted by Gasteiger charge is 2.28. The topological polar surface area (TPSA) is 66.2 Å². The van der Waals surface area contributed by atoms with Crippen molar-refractivity contribution in [3.05, 3.63) is 58.9 Å². The number of likely N-dealkylation sites (tertiary alicyclic amines) is 1. The number of nitrogens with zero attached hydrogens (tertiary/aromatic N) is 3. The molecule has 1 fully saturated rings. The number of halogens is 1. The van der Waals surface area contributed by atoms with Gasteiger partial charge >= 0.3 is 0 Å². The molecule has 1 aliphatic rings. The van der Waals surface area contributed by atoms with Crippen LogP contribution in [0.25, 0.3) is 0 Å². The lowest BCUT2D eigenvalue weighted by Crippen LogP contribution is -2.31. The van der Waals surface area contributed by atoms with E-state index >= 15 is 0 Å². The fraction of sp³-hybridized carbons (Fsp3) is 0.235. The molecule has 0 bridgehead atoms. The number of nitriles is 1. The van der Waals surface area contributed by atoms with E-state index in [1.165, 1.54) is 6.20 Å². The van der Waals surface area contributed by atoms with Gasteiger partial charge < -0.3 is 9.64 Å². The molecule has 2 aromatic rings. The molecular formula is C17H14ClN3O2. The van der Waals surface area contributed by atoms with Crippen LogP contribution in [0.3, 0.4) is 0 Å². The Hall–Kier alpha value is -2.58. The molecule has 1 atom stereocenters. The molecule has 1 aromatic carbocycles. The molecule has 2 heterocycles. The molecule has 0 radical (unpaired) electrons. The minimum Gasteiger partial charge on any atom is -0.487 e. The Kier molecular flexibility index (Phi) is 4.45. The van der Waals surface area contributed by atoms with Crippen molar-refractivity contribution in [1.82, 2.24) is 9.88 Å². The van der Waals surface area contributed by atoms with Crippen LogP contribution in [0.15, 0.2) is 42.7 Å². The second kappa shape index (κ2) is 6.67. The lowest BCUT2D eigenvalue weighted by atomic mass is 10.1. The Morgan fingerprint density at radius 1 is 1.43 bits per heavy atom. The van der Waals surface area contributed by atoms with Crippen molar-refractivity contribution >= 4 is 17.5 Å². The Morgan fingerprint density at radius 2 is 2.30 bits per heavy atom. The first-order chi connectivity index (χ1) is 11.2. The van der Waals surface area contributed by atoms with Crippen LogP contribution in [0, 0.1) is 11.3 Å². The molecule has 3 rings (SSSR count). The van der Waals surface area contributed by atoms with E-state index in [9.17, 15) is 4.79 Å². The third-order valence-electron chi connectivity index (χ3n) is 3.70. The largest absolute Gasteiger partial charge is 0.487 e. The van der Waals surface area contributed by atoms with Crippen molar-refractivity contribution in [3.63, 3.8) is 0 Å². The maximum Gasteiger partial charge on any atom is 0.254 e. The second-order valence-corrected chi connectivity index (χ2v) is 5.69. The predicted molar refractivity (Wildman–Crippen MR) is 85.3 cm³/mol. The van der Waals surface area contributed by atoms with Crippen LogP contribution in [-0.4, -0.2) is 35.0 Å². The quantitative estimate of drug-likeness (QED) is 0.869. The monoisotopic (exact) mass is 327 g/mol. The van der Waals surface area contributed by atoms with E-state index in [0.717, 1.165) is 6.42 Å². The van der Waals surface area contributed by atoms with Crippen molar-refractivity contribution < 1.29 is 9.53 Å². The summed E-state index contributed by atoms with van der Waals surface area (Å²) in [5, 5.41) is 9.39. The summed E-state index contributed by atoms with van der Waals surface area (Å²) >= 11 is 6.03. The highest BCUT2D eigenvalue weighted by atomic mass is 35.5. The highest BCUT2D eigenvalue weighted by Crippen LogP contribution is 2.26. The van der Waals surface area contributed by atoms with Crippen LogP contribution >= 0.6 is 11.6 Å². The van der Waals surface area contributed by atoms with Crippen molar-refractivity contribution in [1.29, 1.82) is 5.26 Å². The fourth-order valence-electron chi connectivity index (χ4n) is 2.55. The molecule has 23 heavy (non-hydrogen) atoms. The molecule has 1 saturated heterocycles. The molecule has 0 N–H and O–H groups in total. The van der Waals surface area contributed by atoms with Gasteiger partial charge in [-0.05, 0) is 18.2 Å². The van der Waals surface area contributed by atoms with Crippen LogP contribution < -0.4 is 4.74 Å². The van der Waals surface area contributed by atoms with Crippen molar-refractivity contribution in [2.45, 2.75) is 12.5 Å². The second-order valence-electron chi connectivity index (χ2n) is 5.28. The zero-order valence-corrected chi connectivity index (χ0v) is 13.0. The smallest absolute Gasteiger partial charge is 0.254 e. The summed E-state index contributed by atoms with van der Waals surface area (Å²) in [7, 11) is 0. The van der Waals surface area contributed by atoms with Gasteiger partial charge in [0, 0.05) is 37.0 Å². The summed E-state index contributed by atoms with van der Waals surface area (Å²) in [6.45, 7) is 1.11. The summed E-state index contributed by atoms with van der Waals surface area (Å²) in [4.78, 5) is 18.2. The van der Waals surface area contributed by atoms with Gasteiger partial charge in [-0.3, -0.25) is 9.78 Å². The molecule has 116 valence electrons. The van der Waals surface area contributed by atoms with Gasteiger partial charge in [0.25, 0.3) is 5.91 Å². The van der Waals surface area contributed by atoms with Crippen LogP contribution in [-0.2, 0) is 0 Å². The molecule has 0 spiro atoms. The van der Waals surface area contributed by atoms with Gasteiger partial charge in [-0.25, -0.2) is 0 Å². The number of benzene rings is 1. The number of carbonyl (C=O) groups is 1. The van der Waals surface area contributed by atoms with E-state index < -0.39 is 0 Å². The van der Waals surface area contributed by atoms with E-state index in [2.05, 4.69) is 4.98 Å². The molecule has 0 aliphatic carbocycles. The molecule has 6 heteroatoms. The van der Waals surface area contributed by atoms with Gasteiger partial charge in [0.2, 0.25) is 0 Å². The Labute approximate surface area is 139 Å². The van der Waals surface area contributed by atoms with Crippen molar-refractivity contribution in [2.24, 2.45) is 0 Å². The Bertz CT molecular complexity index is 772. The lowest BCUT2D eigenvalue weighted by molar-refractivity contribution is 0.0772. The number of ether oxygens (including phenoxy) is 1. The average molecular weight is 328 g/mol. The number of pyridine rings is 1. The summed E-state index contributed by atoms with van der Waals surface area (Å²) < 4.78 is 5.85. The number of rotatable bonds is 3. The van der Waals surface area contributed by atoms with Crippen LogP contribution in [0.1, 0.15) is 22.3 Å². The maximum atomic E-state index is 12.5. The highest BCUT2D eigenvalue weighted by molar-refractivity contribution is 6.31. The van der Waals surface area contributed by atoms with Gasteiger partial charge in [-0.15, -0.1) is 0 Å². The minimum atomic E-state index is -0.0991. The lowest BCUT2D eigenvalue weighted by Gasteiger charge is -2.17. The van der Waals surface area contributed by atoms with E-state index in [1.807, 2.05) is 6.07 Å². The molecule has 0 saturated carbocycles. The Morgan fingerprint density at radius 3 is 3.09 bits per heavy atom. The van der Waals surface area contributed by atoms with Crippen molar-refractivity contribution in [2.75, 3.05) is 13.1 Å². The fourth-order valence-corrected chi connectivity index (χ4v) is 2.71. The normalized spacial score (nSPS) is 16.9. The zero-order chi connectivity index (χ0) is 16.2. The van der Waals surface area contributed by atoms with E-state index in [4.69, 9.17) is 21.6 Å². The molecule has 0 unspecified atom stereocenters. The molecular weight excluding hydrogens is 314 g/mol. The minimum absolute atomic E-state index is 0.0889. The molecule has 1 aliphatic heterocycles. The van der Waals surface area contributed by atoms with Crippen LogP contribution in [0.2, 0.25) is 5.02 Å². The molecule has 5 nitrogen and oxygen atoms in total. The van der Waals surface area contributed by atoms with Gasteiger partial charge in [0.15, 0.2) is 0 Å². The van der Waals surface area contributed by atoms with E-state index in [0.29, 0.717) is 35.0 Å². The van der Waals surface area contributed by atoms with E-state index in [-0.39, 0.29) is 12.0 Å². The first kappa shape index (κ1) is 15.3. The van der Waals surface area contributed by atoms with Crippen LogP contribution in [0.4, 0.5) is 0 Å². The number of hydrogen-bond donors (Lipinski definition) is 0. The number of amides is 1.